The minimum absolute atomic E-state index is 0.115. The third kappa shape index (κ3) is 6.52. The van der Waals surface area contributed by atoms with Gasteiger partial charge in [-0.25, -0.2) is 0 Å². The van der Waals surface area contributed by atoms with Gasteiger partial charge in [-0.15, -0.1) is 4.48 Å². The van der Waals surface area contributed by atoms with Crippen molar-refractivity contribution in [1.29, 1.82) is 0 Å². The zero-order valence-corrected chi connectivity index (χ0v) is 17.5. The maximum Gasteiger partial charge on any atom is 0.273 e. The number of aromatic nitrogens is 1. The van der Waals surface area contributed by atoms with Crippen molar-refractivity contribution in [2.75, 3.05) is 27.2 Å². The van der Waals surface area contributed by atoms with E-state index >= 15 is 0 Å². The molecule has 3 aliphatic rings. The highest BCUT2D eigenvalue weighted by molar-refractivity contribution is 5.92. The Kier molecular flexibility index (Phi) is 7.64. The van der Waals surface area contributed by atoms with E-state index in [2.05, 4.69) is 10.5 Å². The predicted octanol–water partition coefficient (Wildman–Crippen LogP) is 3.29. The molecule has 1 aromatic rings. The number of likely N-dealkylation sites (tertiary alicyclic amines) is 1. The van der Waals surface area contributed by atoms with Crippen LogP contribution in [0.3, 0.4) is 0 Å². The summed E-state index contributed by atoms with van der Waals surface area (Å²) in [7, 11) is 2.67. The Labute approximate surface area is 171 Å². The summed E-state index contributed by atoms with van der Waals surface area (Å²) in [6.45, 7) is 1.48. The summed E-state index contributed by atoms with van der Waals surface area (Å²) in [6, 6.07) is 1.89. The number of nitrogens with one attached hydrogen (secondary N) is 1. The van der Waals surface area contributed by atoms with Gasteiger partial charge in [0.05, 0.1) is 0 Å². The van der Waals surface area contributed by atoms with Gasteiger partial charge in [-0.3, -0.25) is 9.59 Å². The number of carbonyl (C=O) groups is 2. The van der Waals surface area contributed by atoms with Crippen molar-refractivity contribution in [3.63, 3.8) is 0 Å². The highest BCUT2D eigenvalue weighted by Crippen LogP contribution is 2.40. The third-order valence-electron chi connectivity index (χ3n) is 5.84. The number of carbonyl (C=O) groups excluding carboxylic acids is 2. The summed E-state index contributed by atoms with van der Waals surface area (Å²) in [5.74, 6) is 1.69. The Morgan fingerprint density at radius 3 is 2.31 bits per heavy atom. The Balaban J connectivity index is 0.000000552. The van der Waals surface area contributed by atoms with Crippen LogP contribution in [0.15, 0.2) is 10.6 Å². The number of hydrogen-bond donors (Lipinski definition) is 1. The molecule has 162 valence electrons. The van der Waals surface area contributed by atoms with Crippen LogP contribution in [0.25, 0.3) is 0 Å². The van der Waals surface area contributed by atoms with Gasteiger partial charge in [0.15, 0.2) is 5.69 Å². The van der Waals surface area contributed by atoms with Gasteiger partial charge in [-0.05, 0) is 38.5 Å². The van der Waals surface area contributed by atoms with Gasteiger partial charge < -0.3 is 14.7 Å². The number of piperidine rings is 1. The van der Waals surface area contributed by atoms with Crippen LogP contribution in [0.2, 0.25) is 0 Å². The zero-order chi connectivity index (χ0) is 20.8. The first-order chi connectivity index (χ1) is 13.9. The zero-order valence-electron chi connectivity index (χ0n) is 17.5. The molecule has 8 heteroatoms. The molecule has 0 bridgehead atoms. The molecule has 2 amide bonds. The van der Waals surface area contributed by atoms with Crippen LogP contribution < -0.4 is 5.32 Å². The van der Waals surface area contributed by atoms with Crippen molar-refractivity contribution in [2.24, 2.45) is 5.92 Å². The van der Waals surface area contributed by atoms with Crippen molar-refractivity contribution in [2.45, 2.75) is 69.7 Å². The van der Waals surface area contributed by atoms with Crippen LogP contribution in [0.5, 0.6) is 0 Å². The summed E-state index contributed by atoms with van der Waals surface area (Å²) in [5, 5.41) is 7.44. The van der Waals surface area contributed by atoms with Gasteiger partial charge in [-0.2, -0.15) is 5.12 Å². The lowest BCUT2D eigenvalue weighted by atomic mass is 9.87. The minimum Gasteiger partial charge on any atom is -0.360 e. The summed E-state index contributed by atoms with van der Waals surface area (Å²) in [5.41, 5.74) is 0.377. The number of nitrogens with zero attached hydrogens (tertiary/aromatic N) is 3. The molecule has 2 heterocycles. The van der Waals surface area contributed by atoms with Gasteiger partial charge in [0.1, 0.15) is 5.76 Å². The summed E-state index contributed by atoms with van der Waals surface area (Å²) in [4.78, 5) is 26.9. The number of amides is 2. The van der Waals surface area contributed by atoms with E-state index in [-0.39, 0.29) is 17.9 Å². The first kappa shape index (κ1) is 21.7. The van der Waals surface area contributed by atoms with E-state index in [0.717, 1.165) is 57.4 Å². The molecule has 1 saturated heterocycles. The standard InChI is InChI=1S/C19H27N3O3.C2H6FN/c23-18(16-12-17(25-21-16)13-6-7-13)20-15-8-10-22(11-9-15)19(24)14-4-2-1-3-5-14;1-4(2)3/h12-15H,1-11H2,(H,20,23);1-2H3. The second kappa shape index (κ2) is 10.2. The first-order valence-electron chi connectivity index (χ1n) is 10.8. The van der Waals surface area contributed by atoms with Crippen molar-refractivity contribution in [1.82, 2.24) is 20.5 Å². The second-order valence-corrected chi connectivity index (χ2v) is 8.58. The van der Waals surface area contributed by atoms with Crippen LogP contribution >= 0.6 is 0 Å². The highest BCUT2D eigenvalue weighted by Gasteiger charge is 2.31. The molecule has 2 aliphatic carbocycles. The number of rotatable bonds is 4. The van der Waals surface area contributed by atoms with E-state index in [4.69, 9.17) is 4.52 Å². The molecule has 0 radical (unpaired) electrons. The average molecular weight is 409 g/mol. The summed E-state index contributed by atoms with van der Waals surface area (Å²) in [6.07, 6.45) is 9.62. The topological polar surface area (TPSA) is 78.7 Å². The van der Waals surface area contributed by atoms with E-state index in [0.29, 0.717) is 22.6 Å². The lowest BCUT2D eigenvalue weighted by molar-refractivity contribution is -0.137. The Morgan fingerprint density at radius 2 is 1.72 bits per heavy atom. The van der Waals surface area contributed by atoms with Gasteiger partial charge in [0.25, 0.3) is 5.91 Å². The van der Waals surface area contributed by atoms with Crippen LogP contribution in [0.4, 0.5) is 4.48 Å². The largest absolute Gasteiger partial charge is 0.360 e. The lowest BCUT2D eigenvalue weighted by Crippen LogP contribution is -2.48. The van der Waals surface area contributed by atoms with Gasteiger partial charge >= 0.3 is 0 Å². The average Bonchev–Trinajstić information content (AvgIpc) is 3.44. The molecule has 2 saturated carbocycles. The molecular weight excluding hydrogens is 375 g/mol. The smallest absolute Gasteiger partial charge is 0.273 e. The van der Waals surface area contributed by atoms with Crippen molar-refractivity contribution < 1.29 is 18.6 Å². The van der Waals surface area contributed by atoms with Gasteiger partial charge in [-0.1, -0.05) is 24.4 Å². The molecule has 0 aromatic carbocycles. The fourth-order valence-corrected chi connectivity index (χ4v) is 4.07. The molecule has 0 unspecified atom stereocenters. The normalized spacial score (nSPS) is 20.9. The van der Waals surface area contributed by atoms with Crippen molar-refractivity contribution >= 4 is 11.8 Å². The van der Waals surface area contributed by atoms with Crippen LogP contribution in [-0.2, 0) is 4.79 Å². The molecule has 29 heavy (non-hydrogen) atoms. The maximum absolute atomic E-state index is 12.6. The van der Waals surface area contributed by atoms with E-state index in [1.54, 1.807) is 6.07 Å². The van der Waals surface area contributed by atoms with E-state index < -0.39 is 0 Å². The van der Waals surface area contributed by atoms with Crippen LogP contribution in [-0.4, -0.2) is 60.2 Å². The number of hydrogen-bond acceptors (Lipinski definition) is 5. The monoisotopic (exact) mass is 408 g/mol. The molecule has 7 nitrogen and oxygen atoms in total. The maximum atomic E-state index is 12.6. The van der Waals surface area contributed by atoms with Crippen molar-refractivity contribution in [3.8, 4) is 0 Å². The predicted molar refractivity (Wildman–Crippen MR) is 107 cm³/mol. The van der Waals surface area contributed by atoms with E-state index in [9.17, 15) is 14.1 Å². The van der Waals surface area contributed by atoms with E-state index in [1.165, 1.54) is 33.4 Å². The summed E-state index contributed by atoms with van der Waals surface area (Å²) < 4.78 is 16.1. The van der Waals surface area contributed by atoms with E-state index in [1.807, 2.05) is 4.90 Å². The van der Waals surface area contributed by atoms with Crippen LogP contribution in [0, 0.1) is 5.92 Å². The van der Waals surface area contributed by atoms with Crippen molar-refractivity contribution in [3.05, 3.63) is 17.5 Å². The SMILES string of the molecule is CN(C)F.O=C(NC1CCN(C(=O)C2CCCCC2)CC1)c1cc(C2CC2)on1. The Hall–Kier alpha value is -1.96. The lowest BCUT2D eigenvalue weighted by Gasteiger charge is -2.35. The molecular formula is C21H33FN4O3. The molecule has 1 aromatic heterocycles. The molecule has 1 N–H and O–H groups in total. The van der Waals surface area contributed by atoms with Gasteiger partial charge in [0.2, 0.25) is 5.91 Å². The Bertz CT molecular complexity index is 672. The van der Waals surface area contributed by atoms with Gasteiger partial charge in [0, 0.05) is 51.1 Å². The molecule has 4 rings (SSSR count). The van der Waals surface area contributed by atoms with Crippen LogP contribution in [0.1, 0.15) is 80.0 Å². The quantitative estimate of drug-likeness (QED) is 0.774. The Morgan fingerprint density at radius 1 is 1.10 bits per heavy atom. The first-order valence-corrected chi connectivity index (χ1v) is 10.8. The number of halogens is 1. The second-order valence-electron chi connectivity index (χ2n) is 8.58. The molecule has 1 aliphatic heterocycles. The molecule has 0 atom stereocenters. The fraction of sp³-hybridized carbons (Fsp3) is 0.762. The highest BCUT2D eigenvalue weighted by atomic mass is 19.2. The fourth-order valence-electron chi connectivity index (χ4n) is 4.07. The minimum atomic E-state index is -0.160. The third-order valence-corrected chi connectivity index (χ3v) is 5.84. The summed E-state index contributed by atoms with van der Waals surface area (Å²) >= 11 is 0. The molecule has 0 spiro atoms. The molecule has 3 fully saturated rings.